The molecule has 0 aromatic heterocycles. The third-order valence-corrected chi connectivity index (χ3v) is 1.94. The van der Waals surface area contributed by atoms with Gasteiger partial charge in [-0.2, -0.15) is 0 Å². The molecule has 0 unspecified atom stereocenters. The zero-order chi connectivity index (χ0) is 11.6. The van der Waals surface area contributed by atoms with Gasteiger partial charge in [-0.25, -0.2) is 8.78 Å². The smallest absolute Gasteiger partial charge is 0.161 e. The van der Waals surface area contributed by atoms with Gasteiger partial charge in [-0.15, -0.1) is 0 Å². The number of halogens is 2. The first-order valence-corrected chi connectivity index (χ1v) is 4.24. The molecule has 0 fully saturated rings. The molecule has 1 aromatic carbocycles. The van der Waals surface area contributed by atoms with Crippen LogP contribution in [0.25, 0.3) is 0 Å². The van der Waals surface area contributed by atoms with Gasteiger partial charge in [0.1, 0.15) is 23.8 Å². The molecule has 0 spiro atoms. The van der Waals surface area contributed by atoms with E-state index in [1.165, 1.54) is 0 Å². The zero-order valence-electron chi connectivity index (χ0n) is 7.95. The molecule has 5 heteroatoms. The van der Waals surface area contributed by atoms with E-state index >= 15 is 0 Å². The van der Waals surface area contributed by atoms with Crippen LogP contribution in [-0.2, 0) is 4.79 Å². The first-order chi connectivity index (χ1) is 6.91. The minimum absolute atomic E-state index is 0.171. The maximum absolute atomic E-state index is 12.7. The molecular weight excluding hydrogens is 206 g/mol. The second-order valence-corrected chi connectivity index (χ2v) is 3.20. The van der Waals surface area contributed by atoms with Gasteiger partial charge in [0.15, 0.2) is 5.78 Å². The van der Waals surface area contributed by atoms with Crippen LogP contribution >= 0.6 is 0 Å². The fraction of sp³-hybridized carbons (Fsp3) is 0.300. The van der Waals surface area contributed by atoms with Gasteiger partial charge in [0.25, 0.3) is 0 Å². The van der Waals surface area contributed by atoms with Crippen LogP contribution in [0.2, 0.25) is 0 Å². The van der Waals surface area contributed by atoms with Gasteiger partial charge >= 0.3 is 0 Å². The predicted octanol–water partition coefficient (Wildman–Crippen LogP) is 0.948. The quantitative estimate of drug-likeness (QED) is 0.790. The number of benzene rings is 1. The topological polar surface area (TPSA) is 57.5 Å². The number of carbonyl (C=O) groups is 1. The Labute approximate surface area is 85.0 Å². The fourth-order valence-corrected chi connectivity index (χ4v) is 1.15. The molecular formula is C10H10F2O3. The molecule has 3 nitrogen and oxygen atoms in total. The minimum Gasteiger partial charge on any atom is -0.385 e. The number of Topliss-reactive ketones (excluding diaryl/α,β-unsaturated/α-hetero) is 1. The average Bonchev–Trinajstić information content (AvgIpc) is 2.13. The number of aliphatic hydroxyl groups excluding tert-OH is 2. The summed E-state index contributed by atoms with van der Waals surface area (Å²) < 4.78 is 25.5. The van der Waals surface area contributed by atoms with E-state index in [-0.39, 0.29) is 5.56 Å². The lowest BCUT2D eigenvalue weighted by molar-refractivity contribution is -0.130. The lowest BCUT2D eigenvalue weighted by Crippen LogP contribution is -2.25. The van der Waals surface area contributed by atoms with E-state index in [1.54, 1.807) is 0 Å². The van der Waals surface area contributed by atoms with Crippen molar-refractivity contribution >= 4 is 5.78 Å². The Bertz CT molecular complexity index is 359. The highest BCUT2D eigenvalue weighted by Crippen LogP contribution is 2.19. The van der Waals surface area contributed by atoms with Crippen LogP contribution in [0.1, 0.15) is 18.6 Å². The lowest BCUT2D eigenvalue weighted by atomic mass is 10.0. The van der Waals surface area contributed by atoms with Crippen molar-refractivity contribution in [2.24, 2.45) is 0 Å². The number of hydrogen-bond acceptors (Lipinski definition) is 3. The second kappa shape index (κ2) is 4.46. The molecule has 0 aliphatic carbocycles. The van der Waals surface area contributed by atoms with Gasteiger partial charge in [0.05, 0.1) is 0 Å². The van der Waals surface area contributed by atoms with Gasteiger partial charge in [-0.05, 0) is 24.6 Å². The predicted molar refractivity (Wildman–Crippen MR) is 48.0 cm³/mol. The first-order valence-electron chi connectivity index (χ1n) is 4.24. The molecule has 0 bridgehead atoms. The van der Waals surface area contributed by atoms with Gasteiger partial charge in [0.2, 0.25) is 0 Å². The molecule has 15 heavy (non-hydrogen) atoms. The van der Waals surface area contributed by atoms with E-state index in [1.807, 2.05) is 0 Å². The number of ketones is 1. The Morgan fingerprint density at radius 2 is 1.67 bits per heavy atom. The molecule has 0 aliphatic rings. The largest absolute Gasteiger partial charge is 0.385 e. The summed E-state index contributed by atoms with van der Waals surface area (Å²) in [5, 5.41) is 18.6. The Morgan fingerprint density at radius 3 is 2.07 bits per heavy atom. The Hall–Kier alpha value is -1.33. The van der Waals surface area contributed by atoms with E-state index in [2.05, 4.69) is 0 Å². The highest BCUT2D eigenvalue weighted by molar-refractivity contribution is 5.80. The summed E-state index contributed by atoms with van der Waals surface area (Å²) in [7, 11) is 0. The zero-order valence-corrected chi connectivity index (χ0v) is 7.95. The van der Waals surface area contributed by atoms with Gasteiger partial charge < -0.3 is 10.2 Å². The van der Waals surface area contributed by atoms with E-state index < -0.39 is 29.6 Å². The van der Waals surface area contributed by atoms with Crippen LogP contribution in [0.5, 0.6) is 0 Å². The molecule has 1 rings (SSSR count). The summed E-state index contributed by atoms with van der Waals surface area (Å²) in [4.78, 5) is 10.7. The van der Waals surface area contributed by atoms with Gasteiger partial charge in [-0.1, -0.05) is 0 Å². The third kappa shape index (κ3) is 2.81. The summed E-state index contributed by atoms with van der Waals surface area (Å²) >= 11 is 0. The van der Waals surface area contributed by atoms with Crippen molar-refractivity contribution in [1.82, 2.24) is 0 Å². The highest BCUT2D eigenvalue weighted by atomic mass is 19.1. The monoisotopic (exact) mass is 216 g/mol. The Balaban J connectivity index is 3.00. The molecule has 2 atom stereocenters. The normalized spacial score (nSPS) is 14.7. The van der Waals surface area contributed by atoms with E-state index in [4.69, 9.17) is 0 Å². The summed E-state index contributed by atoms with van der Waals surface area (Å²) in [5.41, 5.74) is -0.171. The summed E-state index contributed by atoms with van der Waals surface area (Å²) in [6.07, 6.45) is -3.29. The highest BCUT2D eigenvalue weighted by Gasteiger charge is 2.23. The van der Waals surface area contributed by atoms with Crippen molar-refractivity contribution in [2.75, 3.05) is 0 Å². The van der Waals surface area contributed by atoms with Crippen molar-refractivity contribution in [2.45, 2.75) is 19.1 Å². The molecule has 1 aromatic rings. The molecule has 82 valence electrons. The molecule has 0 amide bonds. The average molecular weight is 216 g/mol. The minimum atomic E-state index is -1.67. The second-order valence-electron chi connectivity index (χ2n) is 3.20. The number of hydrogen-bond donors (Lipinski definition) is 2. The van der Waals surface area contributed by atoms with Crippen LogP contribution in [0.15, 0.2) is 18.2 Å². The Kier molecular flexibility index (Phi) is 3.49. The van der Waals surface area contributed by atoms with Crippen LogP contribution in [0, 0.1) is 11.6 Å². The summed E-state index contributed by atoms with van der Waals surface area (Å²) in [5.74, 6) is -2.42. The Morgan fingerprint density at radius 1 is 1.20 bits per heavy atom. The van der Waals surface area contributed by atoms with Crippen LogP contribution in [0.3, 0.4) is 0 Å². The number of carbonyl (C=O) groups excluding carboxylic acids is 1. The maximum Gasteiger partial charge on any atom is 0.161 e. The molecule has 0 saturated carbocycles. The number of rotatable bonds is 3. The van der Waals surface area contributed by atoms with Crippen molar-refractivity contribution < 1.29 is 23.8 Å². The number of aliphatic hydroxyl groups is 2. The SMILES string of the molecule is CC(=O)[C@H](O)[C@@H](O)c1cc(F)cc(F)c1. The van der Waals surface area contributed by atoms with Crippen molar-refractivity contribution in [3.05, 3.63) is 35.4 Å². The third-order valence-electron chi connectivity index (χ3n) is 1.94. The maximum atomic E-state index is 12.7. The van der Waals surface area contributed by atoms with Crippen LogP contribution < -0.4 is 0 Å². The van der Waals surface area contributed by atoms with Gasteiger partial charge in [0, 0.05) is 6.07 Å². The van der Waals surface area contributed by atoms with Gasteiger partial charge in [-0.3, -0.25) is 4.79 Å². The molecule has 0 heterocycles. The van der Waals surface area contributed by atoms with Crippen molar-refractivity contribution in [3.63, 3.8) is 0 Å². The molecule has 0 radical (unpaired) electrons. The van der Waals surface area contributed by atoms with E-state index in [0.717, 1.165) is 19.1 Å². The molecule has 2 N–H and O–H groups in total. The summed E-state index contributed by atoms with van der Waals surface area (Å²) in [6.45, 7) is 1.07. The lowest BCUT2D eigenvalue weighted by Gasteiger charge is -2.15. The van der Waals surface area contributed by atoms with Crippen molar-refractivity contribution in [3.8, 4) is 0 Å². The molecule has 0 saturated heterocycles. The standard InChI is InChI=1S/C10H10F2O3/c1-5(13)9(14)10(15)6-2-7(11)4-8(12)3-6/h2-4,9-10,14-15H,1H3/t9-,10-/m0/s1. The van der Waals surface area contributed by atoms with Crippen LogP contribution in [0.4, 0.5) is 8.78 Å². The summed E-state index contributed by atoms with van der Waals surface area (Å²) in [6, 6.07) is 2.36. The van der Waals surface area contributed by atoms with Crippen molar-refractivity contribution in [1.29, 1.82) is 0 Å². The van der Waals surface area contributed by atoms with E-state index in [0.29, 0.717) is 6.07 Å². The van der Waals surface area contributed by atoms with E-state index in [9.17, 15) is 23.8 Å². The fourth-order valence-electron chi connectivity index (χ4n) is 1.15. The molecule has 0 aliphatic heterocycles. The van der Waals surface area contributed by atoms with Crippen LogP contribution in [-0.4, -0.2) is 22.1 Å². The first kappa shape index (κ1) is 11.7.